The highest BCUT2D eigenvalue weighted by Crippen LogP contribution is 2.34. The largest absolute Gasteiger partial charge is 0.504 e. The summed E-state index contributed by atoms with van der Waals surface area (Å²) in [5.74, 6) is 0.156. The molecule has 0 unspecified atom stereocenters. The van der Waals surface area contributed by atoms with Crippen LogP contribution in [0.4, 0.5) is 0 Å². The van der Waals surface area contributed by atoms with E-state index in [0.29, 0.717) is 15.0 Å². The number of β-amino-alcohol motifs (C(OH)–C–C–N with tert-alkyl or cyclic N) is 1. The van der Waals surface area contributed by atoms with Crippen molar-refractivity contribution in [3.63, 3.8) is 0 Å². The molecule has 0 aromatic heterocycles. The topological polar surface area (TPSA) is 70.0 Å². The van der Waals surface area contributed by atoms with Crippen molar-refractivity contribution in [3.05, 3.63) is 28.7 Å². The first kappa shape index (κ1) is 14.8. The molecule has 1 fully saturated rings. The van der Waals surface area contributed by atoms with Gasteiger partial charge in [0.15, 0.2) is 11.5 Å². The number of phenolic OH excluding ortho intramolecular Hbond substituents is 1. The Bertz CT molecular complexity index is 586. The van der Waals surface area contributed by atoms with Crippen LogP contribution in [-0.2, 0) is 4.79 Å². The van der Waals surface area contributed by atoms with E-state index in [1.165, 1.54) is 29.8 Å². The van der Waals surface area contributed by atoms with Crippen molar-refractivity contribution in [1.29, 1.82) is 0 Å². The van der Waals surface area contributed by atoms with E-state index in [9.17, 15) is 9.90 Å². The quantitative estimate of drug-likeness (QED) is 0.650. The highest BCUT2D eigenvalue weighted by Gasteiger charge is 2.31. The van der Waals surface area contributed by atoms with Gasteiger partial charge in [-0.3, -0.25) is 9.69 Å². The molecule has 1 aromatic carbocycles. The number of hydrogen-bond donors (Lipinski definition) is 2. The molecule has 0 bridgehead atoms. The van der Waals surface area contributed by atoms with E-state index in [1.807, 2.05) is 0 Å². The van der Waals surface area contributed by atoms with Crippen LogP contribution in [0.3, 0.4) is 0 Å². The minimum Gasteiger partial charge on any atom is -0.504 e. The summed E-state index contributed by atoms with van der Waals surface area (Å²) in [5.41, 5.74) is 0.726. The average Bonchev–Trinajstić information content (AvgIpc) is 2.69. The second kappa shape index (κ2) is 6.25. The standard InChI is InChI=1S/C13H13NO4S2/c1-18-10-6-8(2-3-9(10)16)7-11-12(17)14(4-5-15)13(19)20-11/h2-3,6-7,15-16H,4-5H2,1H3/b11-7-. The van der Waals surface area contributed by atoms with E-state index < -0.39 is 0 Å². The molecule has 0 atom stereocenters. The van der Waals surface area contributed by atoms with Crippen LogP contribution in [0.1, 0.15) is 5.56 Å². The van der Waals surface area contributed by atoms with Gasteiger partial charge in [-0.15, -0.1) is 0 Å². The first-order valence-corrected chi connectivity index (χ1v) is 7.02. The number of methoxy groups -OCH3 is 1. The zero-order valence-corrected chi connectivity index (χ0v) is 12.3. The van der Waals surface area contributed by atoms with Crippen molar-refractivity contribution in [2.75, 3.05) is 20.3 Å². The van der Waals surface area contributed by atoms with Gasteiger partial charge in [0.1, 0.15) is 4.32 Å². The van der Waals surface area contributed by atoms with Gasteiger partial charge in [0.2, 0.25) is 0 Å². The van der Waals surface area contributed by atoms with Crippen LogP contribution in [0.5, 0.6) is 11.5 Å². The summed E-state index contributed by atoms with van der Waals surface area (Å²) in [5, 5.41) is 18.4. The van der Waals surface area contributed by atoms with Gasteiger partial charge < -0.3 is 14.9 Å². The van der Waals surface area contributed by atoms with Gasteiger partial charge in [-0.25, -0.2) is 0 Å². The van der Waals surface area contributed by atoms with Crippen LogP contribution in [0.2, 0.25) is 0 Å². The molecule has 0 spiro atoms. The Morgan fingerprint density at radius 2 is 2.25 bits per heavy atom. The van der Waals surface area contributed by atoms with Crippen LogP contribution < -0.4 is 4.74 Å². The fraction of sp³-hybridized carbons (Fsp3) is 0.231. The van der Waals surface area contributed by atoms with Gasteiger partial charge in [-0.05, 0) is 23.8 Å². The molecule has 7 heteroatoms. The highest BCUT2D eigenvalue weighted by molar-refractivity contribution is 8.26. The molecule has 2 N–H and O–H groups in total. The van der Waals surface area contributed by atoms with E-state index in [4.69, 9.17) is 22.1 Å². The van der Waals surface area contributed by atoms with Gasteiger partial charge in [0.05, 0.1) is 25.2 Å². The predicted octanol–water partition coefficient (Wildman–Crippen LogP) is 1.59. The molecule has 2 rings (SSSR count). The SMILES string of the molecule is COc1cc(/C=C2\SC(=S)N(CCO)C2=O)ccc1O. The monoisotopic (exact) mass is 311 g/mol. The number of carbonyl (C=O) groups excluding carboxylic acids is 1. The molecule has 0 radical (unpaired) electrons. The predicted molar refractivity (Wildman–Crippen MR) is 81.6 cm³/mol. The fourth-order valence-corrected chi connectivity index (χ4v) is 3.04. The molecule has 106 valence electrons. The summed E-state index contributed by atoms with van der Waals surface area (Å²) in [6.07, 6.45) is 1.68. The number of thioether (sulfide) groups is 1. The summed E-state index contributed by atoms with van der Waals surface area (Å²) >= 11 is 6.29. The number of phenols is 1. The van der Waals surface area contributed by atoms with Gasteiger partial charge in [0, 0.05) is 0 Å². The third kappa shape index (κ3) is 2.95. The van der Waals surface area contributed by atoms with Gasteiger partial charge in [-0.1, -0.05) is 30.0 Å². The van der Waals surface area contributed by atoms with E-state index >= 15 is 0 Å². The van der Waals surface area contributed by atoms with E-state index in [0.717, 1.165) is 5.56 Å². The number of rotatable bonds is 4. The molecule has 1 aliphatic rings. The van der Waals surface area contributed by atoms with Crippen molar-refractivity contribution >= 4 is 40.3 Å². The minimum absolute atomic E-state index is 0.0393. The summed E-state index contributed by atoms with van der Waals surface area (Å²) in [7, 11) is 1.46. The van der Waals surface area contributed by atoms with Gasteiger partial charge in [0.25, 0.3) is 5.91 Å². The zero-order chi connectivity index (χ0) is 14.7. The Balaban J connectivity index is 2.28. The van der Waals surface area contributed by atoms with Crippen molar-refractivity contribution in [2.24, 2.45) is 0 Å². The van der Waals surface area contributed by atoms with Crippen LogP contribution in [0, 0.1) is 0 Å². The zero-order valence-electron chi connectivity index (χ0n) is 10.7. The number of carbonyl (C=O) groups is 1. The summed E-state index contributed by atoms with van der Waals surface area (Å²) in [6, 6.07) is 4.81. The molecule has 5 nitrogen and oxygen atoms in total. The number of amides is 1. The maximum atomic E-state index is 12.1. The number of ether oxygens (including phenoxy) is 1. The molecule has 1 amide bonds. The van der Waals surface area contributed by atoms with Crippen molar-refractivity contribution in [3.8, 4) is 11.5 Å². The number of aromatic hydroxyl groups is 1. The number of nitrogens with zero attached hydrogens (tertiary/aromatic N) is 1. The fourth-order valence-electron chi connectivity index (χ4n) is 1.73. The van der Waals surface area contributed by atoms with Crippen molar-refractivity contribution < 1.29 is 19.7 Å². The number of benzene rings is 1. The lowest BCUT2D eigenvalue weighted by Crippen LogP contribution is -2.30. The molecule has 20 heavy (non-hydrogen) atoms. The number of aliphatic hydroxyl groups excluding tert-OH is 1. The number of hydrogen-bond acceptors (Lipinski definition) is 6. The number of aliphatic hydroxyl groups is 1. The van der Waals surface area contributed by atoms with Crippen LogP contribution >= 0.6 is 24.0 Å². The summed E-state index contributed by atoms with van der Waals surface area (Å²) < 4.78 is 5.45. The van der Waals surface area contributed by atoms with E-state index in [1.54, 1.807) is 18.2 Å². The first-order chi connectivity index (χ1) is 9.56. The summed E-state index contributed by atoms with van der Waals surface area (Å²) in [6.45, 7) is 0.0632. The third-order valence-corrected chi connectivity index (χ3v) is 4.08. The molecule has 0 aliphatic carbocycles. The number of thiocarbonyl (C=S) groups is 1. The normalized spacial score (nSPS) is 17.1. The maximum Gasteiger partial charge on any atom is 0.266 e. The van der Waals surface area contributed by atoms with Crippen molar-refractivity contribution in [2.45, 2.75) is 0 Å². The maximum absolute atomic E-state index is 12.1. The van der Waals surface area contributed by atoms with Crippen molar-refractivity contribution in [1.82, 2.24) is 4.90 Å². The minimum atomic E-state index is -0.221. The average molecular weight is 311 g/mol. The lowest BCUT2D eigenvalue weighted by molar-refractivity contribution is -0.122. The molecule has 1 aliphatic heterocycles. The smallest absolute Gasteiger partial charge is 0.266 e. The van der Waals surface area contributed by atoms with E-state index in [-0.39, 0.29) is 24.8 Å². The molecule has 1 heterocycles. The van der Waals surface area contributed by atoms with Crippen LogP contribution in [0.25, 0.3) is 6.08 Å². The van der Waals surface area contributed by atoms with E-state index in [2.05, 4.69) is 0 Å². The molecule has 1 aromatic rings. The Morgan fingerprint density at radius 1 is 1.50 bits per heavy atom. The van der Waals surface area contributed by atoms with Gasteiger partial charge in [-0.2, -0.15) is 0 Å². The molecular formula is C13H13NO4S2. The lowest BCUT2D eigenvalue weighted by Gasteiger charge is -2.11. The Labute approximate surface area is 125 Å². The Kier molecular flexibility index (Phi) is 4.64. The molecular weight excluding hydrogens is 298 g/mol. The second-order valence-corrected chi connectivity index (χ2v) is 5.66. The molecule has 1 saturated heterocycles. The Morgan fingerprint density at radius 3 is 2.90 bits per heavy atom. The third-order valence-electron chi connectivity index (χ3n) is 2.70. The lowest BCUT2D eigenvalue weighted by atomic mass is 10.2. The summed E-state index contributed by atoms with van der Waals surface area (Å²) in [4.78, 5) is 13.9. The van der Waals surface area contributed by atoms with Crippen LogP contribution in [-0.4, -0.2) is 45.6 Å². The van der Waals surface area contributed by atoms with Gasteiger partial charge >= 0.3 is 0 Å². The first-order valence-electron chi connectivity index (χ1n) is 5.80. The second-order valence-electron chi connectivity index (χ2n) is 3.99. The molecule has 0 saturated carbocycles. The Hall–Kier alpha value is -1.57. The van der Waals surface area contributed by atoms with Crippen LogP contribution in [0.15, 0.2) is 23.1 Å². The highest BCUT2D eigenvalue weighted by atomic mass is 32.2.